The molecule has 0 bridgehead atoms. The van der Waals surface area contributed by atoms with Crippen molar-refractivity contribution in [2.24, 2.45) is 5.41 Å². The van der Waals surface area contributed by atoms with Crippen LogP contribution in [-0.4, -0.2) is 80.7 Å². The molecule has 0 unspecified atom stereocenters. The quantitative estimate of drug-likeness (QED) is 0.373. The molecule has 10 nitrogen and oxygen atoms in total. The van der Waals surface area contributed by atoms with Gasteiger partial charge in [-0.2, -0.15) is 0 Å². The number of rotatable bonds is 5. The number of pyridine rings is 2. The molecule has 0 radical (unpaired) electrons. The number of fused-ring (bicyclic) bond motifs is 1. The summed E-state index contributed by atoms with van der Waals surface area (Å²) in [7, 11) is 0. The summed E-state index contributed by atoms with van der Waals surface area (Å²) < 4.78 is 15.2. The summed E-state index contributed by atoms with van der Waals surface area (Å²) in [5, 5.41) is 13.9. The summed E-state index contributed by atoms with van der Waals surface area (Å²) in [6, 6.07) is 14.0. The zero-order chi connectivity index (χ0) is 29.9. The Morgan fingerprint density at radius 3 is 2.49 bits per heavy atom. The van der Waals surface area contributed by atoms with E-state index in [1.54, 1.807) is 10.6 Å². The normalized spacial score (nSPS) is 23.7. The Labute approximate surface area is 248 Å². The van der Waals surface area contributed by atoms with Gasteiger partial charge in [0, 0.05) is 50.1 Å². The molecule has 2 atom stereocenters. The average Bonchev–Trinajstić information content (AvgIpc) is 3.80. The van der Waals surface area contributed by atoms with Crippen molar-refractivity contribution < 1.29 is 19.1 Å². The van der Waals surface area contributed by atoms with Crippen molar-refractivity contribution in [3.63, 3.8) is 0 Å². The molecule has 6 heterocycles. The number of carbonyl (C=O) groups is 2. The van der Waals surface area contributed by atoms with E-state index in [9.17, 15) is 19.1 Å². The lowest BCUT2D eigenvalue weighted by molar-refractivity contribution is 0.0689. The van der Waals surface area contributed by atoms with Crippen molar-refractivity contribution in [3.8, 4) is 0 Å². The van der Waals surface area contributed by atoms with E-state index in [4.69, 9.17) is 0 Å². The van der Waals surface area contributed by atoms with Crippen LogP contribution in [0, 0.1) is 18.2 Å². The Balaban J connectivity index is 1.06. The minimum atomic E-state index is -1.04. The minimum absolute atomic E-state index is 0.0321. The Morgan fingerprint density at radius 2 is 1.70 bits per heavy atom. The van der Waals surface area contributed by atoms with Crippen LogP contribution in [-0.2, 0) is 5.41 Å². The summed E-state index contributed by atoms with van der Waals surface area (Å²) >= 11 is 0. The highest BCUT2D eigenvalue weighted by Crippen LogP contribution is 2.41. The molecular weight excluding hydrogens is 549 g/mol. The van der Waals surface area contributed by atoms with Crippen LogP contribution in [0.25, 0.3) is 5.65 Å². The lowest BCUT2D eigenvalue weighted by Crippen LogP contribution is -2.34. The summed E-state index contributed by atoms with van der Waals surface area (Å²) in [6.45, 7) is 8.59. The molecule has 3 aromatic heterocycles. The third-order valence-corrected chi connectivity index (χ3v) is 9.62. The van der Waals surface area contributed by atoms with Gasteiger partial charge in [0.05, 0.1) is 11.9 Å². The maximum atomic E-state index is 13.6. The van der Waals surface area contributed by atoms with Gasteiger partial charge in [-0.3, -0.25) is 4.79 Å². The number of carbonyl (C=O) groups excluding carboxylic acids is 1. The molecule has 7 rings (SSSR count). The van der Waals surface area contributed by atoms with E-state index >= 15 is 0 Å². The number of hydrogen-bond donors (Lipinski definition) is 1. The van der Waals surface area contributed by atoms with Crippen LogP contribution in [0.5, 0.6) is 0 Å². The fourth-order valence-corrected chi connectivity index (χ4v) is 7.10. The molecule has 43 heavy (non-hydrogen) atoms. The first-order valence-corrected chi connectivity index (χ1v) is 14.7. The van der Waals surface area contributed by atoms with Gasteiger partial charge in [-0.25, -0.2) is 23.7 Å². The van der Waals surface area contributed by atoms with E-state index in [-0.39, 0.29) is 34.1 Å². The molecule has 222 valence electrons. The second kappa shape index (κ2) is 10.0. The predicted molar refractivity (Wildman–Crippen MR) is 159 cm³/mol. The number of carboxylic acid groups (broad SMARTS) is 1. The zero-order valence-corrected chi connectivity index (χ0v) is 24.3. The Hall–Kier alpha value is -4.54. The number of likely N-dealkylation sites (tertiary alicyclic amines) is 1. The molecule has 1 amide bonds. The smallest absolute Gasteiger partial charge is 0.354 e. The molecule has 0 aliphatic carbocycles. The minimum Gasteiger partial charge on any atom is -0.477 e. The SMILES string of the molecule is Cc1cc(N2CC[C@](C)(c3ccc(F)cc3)C2)cn2nc(C(=O)N3CC[C@@]4(CCN(c5cccc(C(=O)O)n5)C4)C3)nc12. The molecule has 3 fully saturated rings. The monoisotopic (exact) mass is 583 g/mol. The molecule has 1 spiro atoms. The first kappa shape index (κ1) is 27.3. The Morgan fingerprint density at radius 1 is 0.930 bits per heavy atom. The molecular formula is C32H34FN7O3. The number of halogens is 1. The molecule has 1 aromatic carbocycles. The third kappa shape index (κ3) is 4.86. The van der Waals surface area contributed by atoms with Gasteiger partial charge < -0.3 is 19.8 Å². The summed E-state index contributed by atoms with van der Waals surface area (Å²) in [6.07, 6.45) is 4.67. The zero-order valence-electron chi connectivity index (χ0n) is 24.3. The van der Waals surface area contributed by atoms with Gasteiger partial charge >= 0.3 is 5.97 Å². The number of hydrogen-bond acceptors (Lipinski definition) is 7. The van der Waals surface area contributed by atoms with Gasteiger partial charge in [-0.1, -0.05) is 25.1 Å². The van der Waals surface area contributed by atoms with Crippen LogP contribution < -0.4 is 9.80 Å². The van der Waals surface area contributed by atoms with Crippen LogP contribution >= 0.6 is 0 Å². The van der Waals surface area contributed by atoms with E-state index in [2.05, 4.69) is 37.9 Å². The maximum absolute atomic E-state index is 13.6. The van der Waals surface area contributed by atoms with Gasteiger partial charge in [0.25, 0.3) is 5.91 Å². The predicted octanol–water partition coefficient (Wildman–Crippen LogP) is 4.18. The van der Waals surface area contributed by atoms with Gasteiger partial charge in [-0.15, -0.1) is 5.10 Å². The van der Waals surface area contributed by atoms with Crippen molar-refractivity contribution in [3.05, 3.63) is 83.2 Å². The second-order valence-electron chi connectivity index (χ2n) is 12.7. The Bertz CT molecular complexity index is 1740. The molecule has 3 saturated heterocycles. The van der Waals surface area contributed by atoms with Crippen LogP contribution in [0.4, 0.5) is 15.9 Å². The third-order valence-electron chi connectivity index (χ3n) is 9.62. The number of benzene rings is 1. The average molecular weight is 584 g/mol. The van der Waals surface area contributed by atoms with Crippen LogP contribution in [0.15, 0.2) is 54.7 Å². The molecule has 3 aliphatic rings. The fraction of sp³-hybridized carbons (Fsp3) is 0.406. The number of anilines is 2. The largest absolute Gasteiger partial charge is 0.477 e. The highest BCUT2D eigenvalue weighted by molar-refractivity contribution is 5.91. The van der Waals surface area contributed by atoms with E-state index < -0.39 is 5.97 Å². The lowest BCUT2D eigenvalue weighted by atomic mass is 9.82. The van der Waals surface area contributed by atoms with Crippen LogP contribution in [0.3, 0.4) is 0 Å². The summed E-state index contributed by atoms with van der Waals surface area (Å²) in [5.74, 6) is -0.586. The standard InChI is InChI=1S/C32H34FN7O3/c1-21-16-24(37-13-10-31(2,18-37)22-6-8-23(33)9-7-22)17-40-28(21)35-27(36-40)29(41)39-15-12-32(20-39)11-14-38(19-32)26-5-3-4-25(34-26)30(42)43/h3-9,16-17H,10-15,18-20H2,1-2H3,(H,42,43)/t31-,32+/m0/s1. The van der Waals surface area contributed by atoms with Crippen molar-refractivity contribution in [1.29, 1.82) is 0 Å². The second-order valence-corrected chi connectivity index (χ2v) is 12.7. The fourth-order valence-electron chi connectivity index (χ4n) is 7.10. The van der Waals surface area contributed by atoms with Crippen molar-refractivity contribution in [2.45, 2.75) is 38.5 Å². The lowest BCUT2D eigenvalue weighted by Gasteiger charge is -2.26. The van der Waals surface area contributed by atoms with Gasteiger partial charge in [-0.05, 0) is 67.6 Å². The molecule has 11 heteroatoms. The molecule has 4 aromatic rings. The van der Waals surface area contributed by atoms with Gasteiger partial charge in [0.15, 0.2) is 11.3 Å². The molecule has 3 aliphatic heterocycles. The number of amides is 1. The Kier molecular flexibility index (Phi) is 6.37. The number of aromatic carboxylic acids is 1. The van der Waals surface area contributed by atoms with E-state index in [0.29, 0.717) is 24.6 Å². The number of nitrogens with zero attached hydrogens (tertiary/aromatic N) is 7. The van der Waals surface area contributed by atoms with Crippen molar-refractivity contribution in [1.82, 2.24) is 24.5 Å². The topological polar surface area (TPSA) is 107 Å². The van der Waals surface area contributed by atoms with E-state index in [1.807, 2.05) is 36.2 Å². The van der Waals surface area contributed by atoms with Crippen LogP contribution in [0.1, 0.15) is 58.4 Å². The van der Waals surface area contributed by atoms with Gasteiger partial charge in [0.1, 0.15) is 11.6 Å². The van der Waals surface area contributed by atoms with E-state index in [0.717, 1.165) is 62.3 Å². The summed E-state index contributed by atoms with van der Waals surface area (Å²) in [5.41, 5.74) is 3.64. The molecule has 1 N–H and O–H groups in total. The maximum Gasteiger partial charge on any atom is 0.354 e. The highest BCUT2D eigenvalue weighted by Gasteiger charge is 2.46. The van der Waals surface area contributed by atoms with Gasteiger partial charge in [0.2, 0.25) is 5.82 Å². The van der Waals surface area contributed by atoms with Crippen molar-refractivity contribution >= 4 is 29.0 Å². The van der Waals surface area contributed by atoms with E-state index in [1.165, 1.54) is 18.2 Å². The first-order chi connectivity index (χ1) is 20.6. The first-order valence-electron chi connectivity index (χ1n) is 14.7. The van der Waals surface area contributed by atoms with Crippen LogP contribution in [0.2, 0.25) is 0 Å². The van der Waals surface area contributed by atoms with Crippen molar-refractivity contribution in [2.75, 3.05) is 49.1 Å². The highest BCUT2D eigenvalue weighted by atomic mass is 19.1. The number of aryl methyl sites for hydroxylation is 1. The number of aromatic nitrogens is 4. The number of carboxylic acids is 1. The molecule has 0 saturated carbocycles. The summed E-state index contributed by atoms with van der Waals surface area (Å²) in [4.78, 5) is 40.2.